The molecule has 2 heterocycles. The number of non-ortho nitro benzene ring substituents is 1. The Morgan fingerprint density at radius 2 is 1.75 bits per heavy atom. The summed E-state index contributed by atoms with van der Waals surface area (Å²) < 4.78 is 0. The number of ketones is 1. The Kier molecular flexibility index (Phi) is 4.70. The number of carbonyl (C=O) groups is 2. The minimum absolute atomic E-state index is 0.0831. The van der Waals surface area contributed by atoms with E-state index in [9.17, 15) is 19.7 Å². The Bertz CT molecular complexity index is 1070. The van der Waals surface area contributed by atoms with Crippen LogP contribution in [-0.2, 0) is 12.8 Å². The molecule has 4 rings (SSSR count). The van der Waals surface area contributed by atoms with Gasteiger partial charge in [0.2, 0.25) is 0 Å². The van der Waals surface area contributed by atoms with Crippen LogP contribution in [0.5, 0.6) is 0 Å². The summed E-state index contributed by atoms with van der Waals surface area (Å²) in [7, 11) is 0. The standard InChI is InChI=1S/C20H15N3O4S/c24-18(12-8-10-21-11-9-12)17-15-2-1-3-16(15)28-20(17)22-19(25)13-4-6-14(7-5-13)23(26)27/h4-11H,1-3H2,(H,22,25). The first-order valence-corrected chi connectivity index (χ1v) is 9.51. The van der Waals surface area contributed by atoms with E-state index >= 15 is 0 Å². The van der Waals surface area contributed by atoms with Crippen LogP contribution in [0.4, 0.5) is 10.7 Å². The first-order valence-electron chi connectivity index (χ1n) is 8.69. The molecule has 0 unspecified atom stereocenters. The van der Waals surface area contributed by atoms with Crippen LogP contribution < -0.4 is 5.32 Å². The van der Waals surface area contributed by atoms with E-state index in [1.54, 1.807) is 24.5 Å². The normalized spacial score (nSPS) is 12.4. The summed E-state index contributed by atoms with van der Waals surface area (Å²) in [5.74, 6) is -0.542. The summed E-state index contributed by atoms with van der Waals surface area (Å²) in [6.07, 6.45) is 5.83. The van der Waals surface area contributed by atoms with Gasteiger partial charge in [0.15, 0.2) is 5.78 Å². The van der Waals surface area contributed by atoms with Crippen LogP contribution in [0.2, 0.25) is 0 Å². The second-order valence-corrected chi connectivity index (χ2v) is 7.49. The lowest BCUT2D eigenvalue weighted by Crippen LogP contribution is -2.14. The molecule has 8 heteroatoms. The van der Waals surface area contributed by atoms with Gasteiger partial charge in [0.1, 0.15) is 5.00 Å². The SMILES string of the molecule is O=C(Nc1sc2c(c1C(=O)c1ccncc1)CCC2)c1ccc([N+](=O)[O-])cc1. The van der Waals surface area contributed by atoms with E-state index in [0.29, 0.717) is 21.7 Å². The van der Waals surface area contributed by atoms with Gasteiger partial charge in [0.25, 0.3) is 11.6 Å². The number of amides is 1. The van der Waals surface area contributed by atoms with Crippen molar-refractivity contribution >= 4 is 33.7 Å². The number of aromatic nitrogens is 1. The lowest BCUT2D eigenvalue weighted by Gasteiger charge is -2.08. The van der Waals surface area contributed by atoms with E-state index in [1.165, 1.54) is 35.6 Å². The number of nitro groups is 1. The maximum Gasteiger partial charge on any atom is 0.269 e. The number of hydrogen-bond donors (Lipinski definition) is 1. The van der Waals surface area contributed by atoms with Gasteiger partial charge in [-0.15, -0.1) is 11.3 Å². The average molecular weight is 393 g/mol. The molecule has 1 aliphatic carbocycles. The number of hydrogen-bond acceptors (Lipinski definition) is 6. The van der Waals surface area contributed by atoms with Crippen LogP contribution in [0.15, 0.2) is 48.8 Å². The molecule has 1 aliphatic rings. The van der Waals surface area contributed by atoms with Crippen molar-refractivity contribution in [2.75, 3.05) is 5.32 Å². The predicted octanol–water partition coefficient (Wildman–Crippen LogP) is 4.02. The van der Waals surface area contributed by atoms with Gasteiger partial charge in [-0.3, -0.25) is 24.7 Å². The third-order valence-corrected chi connectivity index (χ3v) is 5.87. The molecule has 1 aromatic carbocycles. The smallest absolute Gasteiger partial charge is 0.269 e. The molecular formula is C20H15N3O4S. The Morgan fingerprint density at radius 3 is 2.43 bits per heavy atom. The highest BCUT2D eigenvalue weighted by molar-refractivity contribution is 7.17. The van der Waals surface area contributed by atoms with Crippen LogP contribution in [0.25, 0.3) is 0 Å². The highest BCUT2D eigenvalue weighted by atomic mass is 32.1. The minimum Gasteiger partial charge on any atom is -0.313 e. The zero-order chi connectivity index (χ0) is 19.7. The molecule has 0 bridgehead atoms. The number of nitro benzene ring substituents is 1. The Labute approximate surface area is 164 Å². The number of nitrogens with one attached hydrogen (secondary N) is 1. The van der Waals surface area contributed by atoms with Crippen molar-refractivity contribution in [1.82, 2.24) is 4.98 Å². The van der Waals surface area contributed by atoms with Crippen molar-refractivity contribution in [3.05, 3.63) is 86.0 Å². The molecule has 0 saturated heterocycles. The molecule has 2 aromatic heterocycles. The molecule has 7 nitrogen and oxygen atoms in total. The fourth-order valence-electron chi connectivity index (χ4n) is 3.29. The van der Waals surface area contributed by atoms with Crippen LogP contribution in [-0.4, -0.2) is 21.6 Å². The highest BCUT2D eigenvalue weighted by Gasteiger charge is 2.28. The van der Waals surface area contributed by atoms with Crippen molar-refractivity contribution in [2.24, 2.45) is 0 Å². The third kappa shape index (κ3) is 3.29. The number of anilines is 1. The number of pyridine rings is 1. The highest BCUT2D eigenvalue weighted by Crippen LogP contribution is 2.40. The Hall–Kier alpha value is -3.39. The molecule has 0 atom stereocenters. The second kappa shape index (κ2) is 7.32. The van der Waals surface area contributed by atoms with E-state index in [0.717, 1.165) is 29.7 Å². The first kappa shape index (κ1) is 18.0. The van der Waals surface area contributed by atoms with E-state index in [1.807, 2.05) is 0 Å². The summed E-state index contributed by atoms with van der Waals surface area (Å²) in [6, 6.07) is 8.68. The van der Waals surface area contributed by atoms with Gasteiger partial charge < -0.3 is 5.32 Å². The van der Waals surface area contributed by atoms with E-state index in [4.69, 9.17) is 0 Å². The van der Waals surface area contributed by atoms with Gasteiger partial charge in [-0.25, -0.2) is 0 Å². The van der Waals surface area contributed by atoms with Crippen LogP contribution in [0.3, 0.4) is 0 Å². The van der Waals surface area contributed by atoms with Gasteiger partial charge in [0.05, 0.1) is 10.5 Å². The maximum atomic E-state index is 13.1. The number of nitrogens with zero attached hydrogens (tertiary/aromatic N) is 2. The van der Waals surface area contributed by atoms with E-state index in [2.05, 4.69) is 10.3 Å². The summed E-state index contributed by atoms with van der Waals surface area (Å²) in [5, 5.41) is 14.1. The number of fused-ring (bicyclic) bond motifs is 1. The van der Waals surface area contributed by atoms with Gasteiger partial charge >= 0.3 is 0 Å². The van der Waals surface area contributed by atoms with E-state index in [-0.39, 0.29) is 11.5 Å². The molecule has 0 saturated carbocycles. The summed E-state index contributed by atoms with van der Waals surface area (Å²) >= 11 is 1.43. The molecule has 0 radical (unpaired) electrons. The van der Waals surface area contributed by atoms with Gasteiger partial charge in [0, 0.05) is 40.5 Å². The predicted molar refractivity (Wildman–Crippen MR) is 105 cm³/mol. The number of carbonyl (C=O) groups excluding carboxylic acids is 2. The maximum absolute atomic E-state index is 13.1. The van der Waals surface area contributed by atoms with Crippen molar-refractivity contribution in [1.29, 1.82) is 0 Å². The van der Waals surface area contributed by atoms with Crippen LogP contribution in [0.1, 0.15) is 43.1 Å². The molecule has 28 heavy (non-hydrogen) atoms. The molecule has 0 fully saturated rings. The molecule has 0 aliphatic heterocycles. The van der Waals surface area contributed by atoms with Gasteiger partial charge in [-0.05, 0) is 49.1 Å². The average Bonchev–Trinajstić information content (AvgIpc) is 3.29. The van der Waals surface area contributed by atoms with Crippen LogP contribution in [0, 0.1) is 10.1 Å². The quantitative estimate of drug-likeness (QED) is 0.401. The van der Waals surface area contributed by atoms with Gasteiger partial charge in [-0.1, -0.05) is 0 Å². The third-order valence-electron chi connectivity index (χ3n) is 4.66. The van der Waals surface area contributed by atoms with Crippen LogP contribution >= 0.6 is 11.3 Å². The van der Waals surface area contributed by atoms with Gasteiger partial charge in [-0.2, -0.15) is 0 Å². The fourth-order valence-corrected chi connectivity index (χ4v) is 4.57. The Morgan fingerprint density at radius 1 is 1.04 bits per heavy atom. The number of rotatable bonds is 5. The van der Waals surface area contributed by atoms with Crippen molar-refractivity contribution in [3.8, 4) is 0 Å². The van der Waals surface area contributed by atoms with E-state index < -0.39 is 10.8 Å². The topological polar surface area (TPSA) is 102 Å². The number of aryl methyl sites for hydroxylation is 1. The lowest BCUT2D eigenvalue weighted by atomic mass is 10.0. The van der Waals surface area contributed by atoms with Crippen molar-refractivity contribution < 1.29 is 14.5 Å². The molecular weight excluding hydrogens is 378 g/mol. The summed E-state index contributed by atoms with van der Waals surface area (Å²) in [6.45, 7) is 0. The first-order chi connectivity index (χ1) is 13.5. The fraction of sp³-hybridized carbons (Fsp3) is 0.150. The zero-order valence-corrected chi connectivity index (χ0v) is 15.5. The molecule has 1 amide bonds. The molecule has 3 aromatic rings. The minimum atomic E-state index is -0.517. The van der Waals surface area contributed by atoms with Crippen molar-refractivity contribution in [2.45, 2.75) is 19.3 Å². The number of thiophene rings is 1. The Balaban J connectivity index is 1.66. The molecule has 0 spiro atoms. The second-order valence-electron chi connectivity index (χ2n) is 6.38. The largest absolute Gasteiger partial charge is 0.313 e. The monoisotopic (exact) mass is 393 g/mol. The summed E-state index contributed by atoms with van der Waals surface area (Å²) in [5.41, 5.74) is 2.28. The number of benzene rings is 1. The molecule has 1 N–H and O–H groups in total. The zero-order valence-electron chi connectivity index (χ0n) is 14.7. The molecule has 140 valence electrons. The van der Waals surface area contributed by atoms with Crippen molar-refractivity contribution in [3.63, 3.8) is 0 Å². The summed E-state index contributed by atoms with van der Waals surface area (Å²) in [4.78, 5) is 41.0. The lowest BCUT2D eigenvalue weighted by molar-refractivity contribution is -0.384.